The fourth-order valence-corrected chi connectivity index (χ4v) is 3.27. The first-order chi connectivity index (χ1) is 11.2. The fourth-order valence-electron chi connectivity index (χ4n) is 3.27. The Labute approximate surface area is 135 Å². The van der Waals surface area contributed by atoms with E-state index in [4.69, 9.17) is 0 Å². The molecule has 0 aliphatic carbocycles. The van der Waals surface area contributed by atoms with Crippen LogP contribution in [-0.2, 0) is 0 Å². The molecule has 0 amide bonds. The van der Waals surface area contributed by atoms with Gasteiger partial charge in [-0.3, -0.25) is 4.98 Å². The average Bonchev–Trinajstić information content (AvgIpc) is 2.98. The van der Waals surface area contributed by atoms with Gasteiger partial charge in [-0.15, -0.1) is 10.2 Å². The number of pyridine rings is 1. The van der Waals surface area contributed by atoms with Crippen LogP contribution < -0.4 is 4.90 Å². The maximum atomic E-state index is 4.57. The zero-order valence-electron chi connectivity index (χ0n) is 13.5. The summed E-state index contributed by atoms with van der Waals surface area (Å²) in [7, 11) is 0. The highest BCUT2D eigenvalue weighted by Crippen LogP contribution is 2.29. The lowest BCUT2D eigenvalue weighted by Gasteiger charge is -2.32. The van der Waals surface area contributed by atoms with Crippen molar-refractivity contribution in [1.82, 2.24) is 24.8 Å². The third-order valence-electron chi connectivity index (χ3n) is 4.53. The van der Waals surface area contributed by atoms with E-state index in [1.54, 1.807) is 0 Å². The second-order valence-corrected chi connectivity index (χ2v) is 6.22. The number of anilines is 1. The van der Waals surface area contributed by atoms with E-state index in [-0.39, 0.29) is 0 Å². The summed E-state index contributed by atoms with van der Waals surface area (Å²) in [5.41, 5.74) is 4.14. The van der Waals surface area contributed by atoms with E-state index in [1.807, 2.05) is 36.7 Å². The minimum absolute atomic E-state index is 0.415. The second kappa shape index (κ2) is 5.61. The van der Waals surface area contributed by atoms with Crippen molar-refractivity contribution in [2.45, 2.75) is 32.6 Å². The topological polar surface area (TPSA) is 59.2 Å². The van der Waals surface area contributed by atoms with Gasteiger partial charge in [-0.05, 0) is 51.0 Å². The van der Waals surface area contributed by atoms with Crippen LogP contribution >= 0.6 is 0 Å². The van der Waals surface area contributed by atoms with Crippen LogP contribution in [0.2, 0.25) is 0 Å². The first-order valence-corrected chi connectivity index (χ1v) is 8.07. The average molecular weight is 308 g/mol. The predicted octanol–water partition coefficient (Wildman–Crippen LogP) is 2.52. The highest BCUT2D eigenvalue weighted by atomic mass is 15.4. The molecule has 1 fully saturated rings. The molecule has 0 spiro atoms. The van der Waals surface area contributed by atoms with Crippen LogP contribution in [0.3, 0.4) is 0 Å². The molecule has 0 radical (unpaired) electrons. The Balaban J connectivity index is 1.54. The summed E-state index contributed by atoms with van der Waals surface area (Å²) in [5.74, 6) is 1.41. The summed E-state index contributed by atoms with van der Waals surface area (Å²) < 4.78 is 1.91. The zero-order chi connectivity index (χ0) is 15.8. The summed E-state index contributed by atoms with van der Waals surface area (Å²) >= 11 is 0. The Hall–Kier alpha value is -2.50. The van der Waals surface area contributed by atoms with Crippen molar-refractivity contribution in [3.8, 4) is 0 Å². The summed E-state index contributed by atoms with van der Waals surface area (Å²) in [6.45, 7) is 6.08. The van der Waals surface area contributed by atoms with Gasteiger partial charge in [0.1, 0.15) is 0 Å². The van der Waals surface area contributed by atoms with Gasteiger partial charge < -0.3 is 4.90 Å². The lowest BCUT2D eigenvalue weighted by atomic mass is 9.95. The minimum atomic E-state index is 0.415. The van der Waals surface area contributed by atoms with Crippen LogP contribution in [0.15, 0.2) is 30.5 Å². The smallest absolute Gasteiger partial charge is 0.177 e. The number of rotatable bonds is 2. The molecule has 0 aromatic carbocycles. The van der Waals surface area contributed by atoms with E-state index in [9.17, 15) is 0 Å². The van der Waals surface area contributed by atoms with Crippen molar-refractivity contribution in [3.63, 3.8) is 0 Å². The molecular formula is C17H20N6. The Bertz CT molecular complexity index is 832. The molecule has 1 saturated heterocycles. The van der Waals surface area contributed by atoms with Crippen LogP contribution in [0.4, 0.5) is 5.69 Å². The molecule has 6 nitrogen and oxygen atoms in total. The number of hydrogen-bond acceptors (Lipinski definition) is 5. The van der Waals surface area contributed by atoms with Crippen LogP contribution in [0, 0.1) is 13.8 Å². The number of aryl methyl sites for hydroxylation is 2. The van der Waals surface area contributed by atoms with Crippen molar-refractivity contribution >= 4 is 11.3 Å². The van der Waals surface area contributed by atoms with Gasteiger partial charge in [0.15, 0.2) is 11.5 Å². The van der Waals surface area contributed by atoms with Crippen LogP contribution in [0.1, 0.15) is 36.0 Å². The number of fused-ring (bicyclic) bond motifs is 1. The first-order valence-electron chi connectivity index (χ1n) is 8.07. The van der Waals surface area contributed by atoms with Gasteiger partial charge in [-0.1, -0.05) is 0 Å². The first kappa shape index (κ1) is 14.1. The Morgan fingerprint density at radius 2 is 1.83 bits per heavy atom. The number of piperidine rings is 1. The third-order valence-corrected chi connectivity index (χ3v) is 4.53. The normalized spacial score (nSPS) is 16.2. The predicted molar refractivity (Wildman–Crippen MR) is 88.7 cm³/mol. The van der Waals surface area contributed by atoms with Crippen molar-refractivity contribution in [1.29, 1.82) is 0 Å². The van der Waals surface area contributed by atoms with E-state index in [0.717, 1.165) is 48.8 Å². The van der Waals surface area contributed by atoms with Gasteiger partial charge in [-0.2, -0.15) is 9.61 Å². The highest BCUT2D eigenvalue weighted by molar-refractivity contribution is 5.47. The van der Waals surface area contributed by atoms with E-state index in [2.05, 4.69) is 37.3 Å². The third kappa shape index (κ3) is 2.65. The summed E-state index contributed by atoms with van der Waals surface area (Å²) in [6, 6.07) is 8.19. The van der Waals surface area contributed by atoms with Crippen LogP contribution in [0.5, 0.6) is 0 Å². The molecule has 1 aliphatic heterocycles. The minimum Gasteiger partial charge on any atom is -0.371 e. The van der Waals surface area contributed by atoms with Crippen molar-refractivity contribution < 1.29 is 0 Å². The molecule has 118 valence electrons. The second-order valence-electron chi connectivity index (χ2n) is 6.22. The molecule has 1 aliphatic rings. The van der Waals surface area contributed by atoms with E-state index in [1.165, 1.54) is 5.69 Å². The monoisotopic (exact) mass is 308 g/mol. The van der Waals surface area contributed by atoms with Gasteiger partial charge in [0.25, 0.3) is 0 Å². The number of hydrogen-bond donors (Lipinski definition) is 0. The van der Waals surface area contributed by atoms with Crippen molar-refractivity contribution in [2.75, 3.05) is 18.0 Å². The van der Waals surface area contributed by atoms with Gasteiger partial charge in [0.2, 0.25) is 0 Å². The van der Waals surface area contributed by atoms with Crippen molar-refractivity contribution in [3.05, 3.63) is 47.7 Å². The van der Waals surface area contributed by atoms with Crippen molar-refractivity contribution in [2.24, 2.45) is 0 Å². The summed E-state index contributed by atoms with van der Waals surface area (Å²) in [4.78, 5) is 6.70. The lowest BCUT2D eigenvalue weighted by Crippen LogP contribution is -2.33. The Morgan fingerprint density at radius 1 is 1.00 bits per heavy atom. The number of nitrogens with zero attached hydrogens (tertiary/aromatic N) is 6. The molecule has 0 atom stereocenters. The molecule has 3 aromatic rings. The van der Waals surface area contributed by atoms with Crippen LogP contribution in [0.25, 0.3) is 5.65 Å². The molecule has 4 heterocycles. The Morgan fingerprint density at radius 3 is 2.61 bits per heavy atom. The zero-order valence-corrected chi connectivity index (χ0v) is 13.5. The SMILES string of the molecule is Cc1cc(N2CCC(c3nnc4ccc(C)nn34)CC2)ccn1. The largest absolute Gasteiger partial charge is 0.371 e. The summed E-state index contributed by atoms with van der Waals surface area (Å²) in [5, 5.41) is 13.2. The molecule has 6 heteroatoms. The van der Waals surface area contributed by atoms with E-state index < -0.39 is 0 Å². The maximum Gasteiger partial charge on any atom is 0.177 e. The van der Waals surface area contributed by atoms with Gasteiger partial charge in [-0.25, -0.2) is 0 Å². The quantitative estimate of drug-likeness (QED) is 0.728. The van der Waals surface area contributed by atoms with E-state index in [0.29, 0.717) is 5.92 Å². The fraction of sp³-hybridized carbons (Fsp3) is 0.412. The number of aromatic nitrogens is 5. The van der Waals surface area contributed by atoms with Gasteiger partial charge in [0, 0.05) is 36.6 Å². The van der Waals surface area contributed by atoms with Crippen LogP contribution in [-0.4, -0.2) is 37.9 Å². The molecule has 0 bridgehead atoms. The molecule has 0 N–H and O–H groups in total. The molecule has 0 unspecified atom stereocenters. The molecule has 0 saturated carbocycles. The standard InChI is InChI=1S/C17H20N6/c1-12-3-4-16-19-20-17(23(16)21-12)14-6-9-22(10-7-14)15-5-8-18-13(2)11-15/h3-5,8,11,14H,6-7,9-10H2,1-2H3. The highest BCUT2D eigenvalue weighted by Gasteiger charge is 2.25. The molecular weight excluding hydrogens is 288 g/mol. The molecule has 23 heavy (non-hydrogen) atoms. The summed E-state index contributed by atoms with van der Waals surface area (Å²) in [6.07, 6.45) is 4.02. The van der Waals surface area contributed by atoms with Gasteiger partial charge in [0.05, 0.1) is 5.69 Å². The maximum absolute atomic E-state index is 4.57. The lowest BCUT2D eigenvalue weighted by molar-refractivity contribution is 0.477. The molecule has 3 aromatic heterocycles. The van der Waals surface area contributed by atoms with Gasteiger partial charge >= 0.3 is 0 Å². The molecule has 4 rings (SSSR count). The Kier molecular flexibility index (Phi) is 3.44. The van der Waals surface area contributed by atoms with E-state index >= 15 is 0 Å².